The van der Waals surface area contributed by atoms with Crippen molar-refractivity contribution in [3.05, 3.63) is 54.2 Å². The van der Waals surface area contributed by atoms with Gasteiger partial charge in [-0.25, -0.2) is 4.98 Å². The number of likely N-dealkylation sites (N-methyl/N-ethyl adjacent to an activating group) is 1. The minimum Gasteiger partial charge on any atom is -0.370 e. The van der Waals surface area contributed by atoms with E-state index < -0.39 is 0 Å². The lowest BCUT2D eigenvalue weighted by atomic mass is 10.2. The molecule has 1 aromatic heterocycles. The molecule has 0 aliphatic carbocycles. The van der Waals surface area contributed by atoms with E-state index in [1.54, 1.807) is 0 Å². The third-order valence-electron chi connectivity index (χ3n) is 4.02. The Morgan fingerprint density at radius 3 is 2.86 bits per heavy atom. The summed E-state index contributed by atoms with van der Waals surface area (Å²) in [5, 5.41) is 6.75. The number of aromatic nitrogens is 1. The Bertz CT molecular complexity index is 570. The Balaban J connectivity index is 1.63. The summed E-state index contributed by atoms with van der Waals surface area (Å²) in [5.74, 6) is 0.935. The first-order valence-corrected chi connectivity index (χ1v) is 7.51. The lowest BCUT2D eigenvalue weighted by molar-refractivity contribution is 0.617. The van der Waals surface area contributed by atoms with Gasteiger partial charge in [-0.3, -0.25) is 0 Å². The number of hydrogen-bond donors (Lipinski definition) is 2. The van der Waals surface area contributed by atoms with Crippen molar-refractivity contribution in [2.75, 3.05) is 30.4 Å². The van der Waals surface area contributed by atoms with Gasteiger partial charge in [-0.15, -0.1) is 0 Å². The van der Waals surface area contributed by atoms with Crippen LogP contribution in [0.3, 0.4) is 0 Å². The molecule has 4 heteroatoms. The topological polar surface area (TPSA) is 40.2 Å². The number of hydrogen-bond acceptors (Lipinski definition) is 4. The minimum absolute atomic E-state index is 0.596. The van der Waals surface area contributed by atoms with Gasteiger partial charge in [0, 0.05) is 43.6 Å². The Labute approximate surface area is 126 Å². The molecule has 1 fully saturated rings. The van der Waals surface area contributed by atoms with Crippen LogP contribution in [0.2, 0.25) is 0 Å². The summed E-state index contributed by atoms with van der Waals surface area (Å²) in [6.07, 6.45) is 3.08. The highest BCUT2D eigenvalue weighted by molar-refractivity contribution is 5.54. The van der Waals surface area contributed by atoms with Crippen molar-refractivity contribution in [2.45, 2.75) is 19.0 Å². The summed E-state index contributed by atoms with van der Waals surface area (Å²) in [6, 6.07) is 15.2. The van der Waals surface area contributed by atoms with E-state index in [1.807, 2.05) is 19.3 Å². The van der Waals surface area contributed by atoms with Crippen molar-refractivity contribution in [2.24, 2.45) is 0 Å². The Kier molecular flexibility index (Phi) is 4.36. The van der Waals surface area contributed by atoms with Gasteiger partial charge < -0.3 is 15.5 Å². The molecule has 1 aliphatic heterocycles. The fourth-order valence-corrected chi connectivity index (χ4v) is 2.73. The largest absolute Gasteiger partial charge is 0.370 e. The quantitative estimate of drug-likeness (QED) is 0.884. The lowest BCUT2D eigenvalue weighted by Crippen LogP contribution is -2.29. The molecule has 1 aliphatic rings. The zero-order chi connectivity index (χ0) is 14.5. The van der Waals surface area contributed by atoms with Crippen molar-refractivity contribution in [1.29, 1.82) is 0 Å². The maximum absolute atomic E-state index is 4.41. The summed E-state index contributed by atoms with van der Waals surface area (Å²) in [5.41, 5.74) is 2.51. The van der Waals surface area contributed by atoms with Crippen LogP contribution in [0.1, 0.15) is 12.0 Å². The van der Waals surface area contributed by atoms with E-state index in [1.165, 1.54) is 17.7 Å². The molecule has 0 amide bonds. The van der Waals surface area contributed by atoms with Crippen molar-refractivity contribution in [1.82, 2.24) is 10.3 Å². The van der Waals surface area contributed by atoms with Crippen molar-refractivity contribution < 1.29 is 0 Å². The Morgan fingerprint density at radius 1 is 1.24 bits per heavy atom. The first kappa shape index (κ1) is 13.9. The molecule has 1 aromatic carbocycles. The molecule has 1 saturated heterocycles. The highest BCUT2D eigenvalue weighted by Crippen LogP contribution is 2.22. The number of nitrogens with zero attached hydrogens (tertiary/aromatic N) is 2. The van der Waals surface area contributed by atoms with E-state index in [0.29, 0.717) is 6.04 Å². The molecule has 0 radical (unpaired) electrons. The first-order chi connectivity index (χ1) is 10.3. The van der Waals surface area contributed by atoms with Gasteiger partial charge in [0.05, 0.1) is 0 Å². The standard InChI is InChI=1S/C17H22N4/c1-18-15-8-10-21(13-15)16-7-9-19-17(11-16)20-12-14-5-3-2-4-6-14/h2-7,9,11,15,18H,8,10,12-13H2,1H3,(H,19,20)/t15-/m1/s1. The van der Waals surface area contributed by atoms with Crippen LogP contribution in [-0.4, -0.2) is 31.2 Å². The van der Waals surface area contributed by atoms with Gasteiger partial charge in [0.2, 0.25) is 0 Å². The van der Waals surface area contributed by atoms with Gasteiger partial charge in [0.25, 0.3) is 0 Å². The fourth-order valence-electron chi connectivity index (χ4n) is 2.73. The summed E-state index contributed by atoms with van der Waals surface area (Å²) in [4.78, 5) is 6.82. The second kappa shape index (κ2) is 6.59. The monoisotopic (exact) mass is 282 g/mol. The number of nitrogens with one attached hydrogen (secondary N) is 2. The zero-order valence-electron chi connectivity index (χ0n) is 12.4. The predicted octanol–water partition coefficient (Wildman–Crippen LogP) is 2.49. The molecule has 0 unspecified atom stereocenters. The Hall–Kier alpha value is -2.07. The molecule has 3 rings (SSSR count). The number of anilines is 2. The summed E-state index contributed by atoms with van der Waals surface area (Å²) in [6.45, 7) is 2.97. The maximum Gasteiger partial charge on any atom is 0.128 e. The predicted molar refractivity (Wildman–Crippen MR) is 87.7 cm³/mol. The summed E-state index contributed by atoms with van der Waals surface area (Å²) >= 11 is 0. The second-order valence-electron chi connectivity index (χ2n) is 5.46. The van der Waals surface area contributed by atoms with E-state index in [4.69, 9.17) is 0 Å². The number of pyridine rings is 1. The fraction of sp³-hybridized carbons (Fsp3) is 0.353. The van der Waals surface area contributed by atoms with E-state index in [0.717, 1.165) is 25.5 Å². The minimum atomic E-state index is 0.596. The highest BCUT2D eigenvalue weighted by atomic mass is 15.2. The first-order valence-electron chi connectivity index (χ1n) is 7.51. The number of benzene rings is 1. The molecule has 0 saturated carbocycles. The van der Waals surface area contributed by atoms with Crippen LogP contribution in [-0.2, 0) is 6.54 Å². The van der Waals surface area contributed by atoms with Gasteiger partial charge in [-0.2, -0.15) is 0 Å². The molecule has 2 aromatic rings. The Morgan fingerprint density at radius 2 is 2.10 bits per heavy atom. The highest BCUT2D eigenvalue weighted by Gasteiger charge is 2.21. The van der Waals surface area contributed by atoms with Crippen LogP contribution in [0.4, 0.5) is 11.5 Å². The van der Waals surface area contributed by atoms with Crippen LogP contribution in [0, 0.1) is 0 Å². The van der Waals surface area contributed by atoms with Crippen molar-refractivity contribution in [3.8, 4) is 0 Å². The average Bonchev–Trinajstić information content (AvgIpc) is 3.03. The molecule has 0 bridgehead atoms. The van der Waals surface area contributed by atoms with Crippen molar-refractivity contribution >= 4 is 11.5 Å². The summed E-state index contributed by atoms with van der Waals surface area (Å²) < 4.78 is 0. The zero-order valence-corrected chi connectivity index (χ0v) is 12.4. The molecule has 110 valence electrons. The molecule has 1 atom stereocenters. The lowest BCUT2D eigenvalue weighted by Gasteiger charge is -2.19. The van der Waals surface area contributed by atoms with Gasteiger partial charge in [-0.1, -0.05) is 30.3 Å². The van der Waals surface area contributed by atoms with Gasteiger partial charge in [0.15, 0.2) is 0 Å². The molecule has 2 N–H and O–H groups in total. The molecule has 0 spiro atoms. The van der Waals surface area contributed by atoms with Crippen LogP contribution < -0.4 is 15.5 Å². The van der Waals surface area contributed by atoms with E-state index in [-0.39, 0.29) is 0 Å². The second-order valence-corrected chi connectivity index (χ2v) is 5.46. The van der Waals surface area contributed by atoms with Crippen LogP contribution in [0.5, 0.6) is 0 Å². The maximum atomic E-state index is 4.41. The van der Waals surface area contributed by atoms with E-state index in [9.17, 15) is 0 Å². The molecular formula is C17H22N4. The van der Waals surface area contributed by atoms with E-state index in [2.05, 4.69) is 56.9 Å². The van der Waals surface area contributed by atoms with Gasteiger partial charge in [-0.05, 0) is 25.1 Å². The third-order valence-corrected chi connectivity index (χ3v) is 4.02. The SMILES string of the molecule is CN[C@@H]1CCN(c2ccnc(NCc3ccccc3)c2)C1. The molecule has 4 nitrogen and oxygen atoms in total. The van der Waals surface area contributed by atoms with Crippen molar-refractivity contribution in [3.63, 3.8) is 0 Å². The van der Waals surface area contributed by atoms with Gasteiger partial charge in [0.1, 0.15) is 5.82 Å². The normalized spacial score (nSPS) is 18.0. The molecule has 2 heterocycles. The van der Waals surface area contributed by atoms with Crippen LogP contribution >= 0.6 is 0 Å². The van der Waals surface area contributed by atoms with E-state index >= 15 is 0 Å². The smallest absolute Gasteiger partial charge is 0.128 e. The van der Waals surface area contributed by atoms with Gasteiger partial charge >= 0.3 is 0 Å². The van der Waals surface area contributed by atoms with Crippen LogP contribution in [0.25, 0.3) is 0 Å². The average molecular weight is 282 g/mol. The number of rotatable bonds is 5. The van der Waals surface area contributed by atoms with Crippen LogP contribution in [0.15, 0.2) is 48.7 Å². The summed E-state index contributed by atoms with van der Waals surface area (Å²) in [7, 11) is 2.04. The third kappa shape index (κ3) is 3.52. The molecule has 21 heavy (non-hydrogen) atoms. The molecular weight excluding hydrogens is 260 g/mol.